The van der Waals surface area contributed by atoms with Crippen LogP contribution in [0.5, 0.6) is 0 Å². The standard InChI is InChI=1S/C16H32N2O/c1-3-4-12-19-13-11-18-14-16(8-5-6-9-16)17-10-7-15(18)2/h15,17H,3-14H2,1-2H3. The normalized spacial score (nSPS) is 27.8. The summed E-state index contributed by atoms with van der Waals surface area (Å²) in [5, 5.41) is 3.85. The molecule has 1 N–H and O–H groups in total. The third kappa shape index (κ3) is 4.44. The molecule has 0 amide bonds. The van der Waals surface area contributed by atoms with Crippen LogP contribution in [0.1, 0.15) is 58.8 Å². The molecule has 1 saturated carbocycles. The highest BCUT2D eigenvalue weighted by atomic mass is 16.5. The number of unbranched alkanes of at least 4 members (excludes halogenated alkanes) is 1. The third-order valence-electron chi connectivity index (χ3n) is 4.92. The summed E-state index contributed by atoms with van der Waals surface area (Å²) in [6, 6.07) is 0.697. The van der Waals surface area contributed by atoms with Crippen LogP contribution in [0.15, 0.2) is 0 Å². The molecule has 2 rings (SSSR count). The number of nitrogens with one attached hydrogen (secondary N) is 1. The smallest absolute Gasteiger partial charge is 0.0593 e. The minimum atomic E-state index is 0.425. The maximum absolute atomic E-state index is 5.75. The van der Waals surface area contributed by atoms with Gasteiger partial charge in [-0.1, -0.05) is 26.2 Å². The predicted octanol–water partition coefficient (Wildman–Crippen LogP) is 2.80. The molecule has 2 fully saturated rings. The first kappa shape index (κ1) is 15.3. The van der Waals surface area contributed by atoms with Crippen molar-refractivity contribution < 1.29 is 4.74 Å². The van der Waals surface area contributed by atoms with Crippen molar-refractivity contribution in [1.82, 2.24) is 10.2 Å². The monoisotopic (exact) mass is 268 g/mol. The summed E-state index contributed by atoms with van der Waals surface area (Å²) in [6.07, 6.45) is 9.25. The quantitative estimate of drug-likeness (QED) is 0.750. The predicted molar refractivity (Wildman–Crippen MR) is 80.6 cm³/mol. The molecule has 1 aliphatic heterocycles. The van der Waals surface area contributed by atoms with Crippen molar-refractivity contribution in [2.24, 2.45) is 0 Å². The minimum absolute atomic E-state index is 0.425. The molecular formula is C16H32N2O. The lowest BCUT2D eigenvalue weighted by atomic mass is 9.97. The molecular weight excluding hydrogens is 236 g/mol. The van der Waals surface area contributed by atoms with Crippen molar-refractivity contribution in [3.8, 4) is 0 Å². The third-order valence-corrected chi connectivity index (χ3v) is 4.92. The molecule has 2 aliphatic rings. The van der Waals surface area contributed by atoms with Gasteiger partial charge < -0.3 is 10.1 Å². The number of nitrogens with zero attached hydrogens (tertiary/aromatic N) is 1. The number of hydrogen-bond donors (Lipinski definition) is 1. The summed E-state index contributed by atoms with van der Waals surface area (Å²) in [5.41, 5.74) is 0.425. The average Bonchev–Trinajstić information content (AvgIpc) is 2.79. The summed E-state index contributed by atoms with van der Waals surface area (Å²) in [6.45, 7) is 9.95. The molecule has 19 heavy (non-hydrogen) atoms. The molecule has 1 heterocycles. The highest BCUT2D eigenvalue weighted by Crippen LogP contribution is 2.32. The zero-order valence-electron chi connectivity index (χ0n) is 12.9. The second-order valence-corrected chi connectivity index (χ2v) is 6.49. The summed E-state index contributed by atoms with van der Waals surface area (Å²) in [7, 11) is 0. The van der Waals surface area contributed by atoms with E-state index in [9.17, 15) is 0 Å². The van der Waals surface area contributed by atoms with Gasteiger partial charge >= 0.3 is 0 Å². The van der Waals surface area contributed by atoms with Gasteiger partial charge in [0.2, 0.25) is 0 Å². The zero-order chi connectivity index (χ0) is 13.6. The Morgan fingerprint density at radius 1 is 1.26 bits per heavy atom. The van der Waals surface area contributed by atoms with Gasteiger partial charge in [-0.15, -0.1) is 0 Å². The molecule has 0 bridgehead atoms. The molecule has 1 unspecified atom stereocenters. The van der Waals surface area contributed by atoms with Crippen LogP contribution < -0.4 is 5.32 Å². The Bertz CT molecular complexity index is 251. The Balaban J connectivity index is 1.78. The van der Waals surface area contributed by atoms with Crippen molar-refractivity contribution >= 4 is 0 Å². The van der Waals surface area contributed by atoms with Crippen LogP contribution in [0.2, 0.25) is 0 Å². The summed E-state index contributed by atoms with van der Waals surface area (Å²) in [5.74, 6) is 0. The molecule has 0 aromatic heterocycles. The highest BCUT2D eigenvalue weighted by Gasteiger charge is 2.37. The van der Waals surface area contributed by atoms with Crippen LogP contribution in [-0.4, -0.2) is 49.3 Å². The van der Waals surface area contributed by atoms with E-state index in [1.807, 2.05) is 0 Å². The van der Waals surface area contributed by atoms with Crippen LogP contribution in [-0.2, 0) is 4.74 Å². The van der Waals surface area contributed by atoms with Gasteiger partial charge in [-0.05, 0) is 39.2 Å². The Hall–Kier alpha value is -0.120. The average molecular weight is 268 g/mol. The van der Waals surface area contributed by atoms with E-state index in [2.05, 4.69) is 24.1 Å². The van der Waals surface area contributed by atoms with E-state index in [0.29, 0.717) is 11.6 Å². The molecule has 0 radical (unpaired) electrons. The lowest BCUT2D eigenvalue weighted by Gasteiger charge is -2.35. The van der Waals surface area contributed by atoms with Crippen molar-refractivity contribution in [2.45, 2.75) is 70.4 Å². The maximum Gasteiger partial charge on any atom is 0.0593 e. The largest absolute Gasteiger partial charge is 0.380 e. The van der Waals surface area contributed by atoms with Gasteiger partial charge in [-0.25, -0.2) is 0 Å². The van der Waals surface area contributed by atoms with E-state index in [1.165, 1.54) is 58.0 Å². The van der Waals surface area contributed by atoms with E-state index in [1.54, 1.807) is 0 Å². The maximum atomic E-state index is 5.75. The first-order valence-electron chi connectivity index (χ1n) is 8.32. The SMILES string of the molecule is CCCCOCCN1CC2(CCCC2)NCCC1C. The molecule has 1 spiro atoms. The van der Waals surface area contributed by atoms with Gasteiger partial charge in [0, 0.05) is 31.3 Å². The van der Waals surface area contributed by atoms with E-state index < -0.39 is 0 Å². The fourth-order valence-corrected chi connectivity index (χ4v) is 3.55. The topological polar surface area (TPSA) is 24.5 Å². The van der Waals surface area contributed by atoms with Crippen LogP contribution in [0.25, 0.3) is 0 Å². The fourth-order valence-electron chi connectivity index (χ4n) is 3.55. The van der Waals surface area contributed by atoms with Crippen LogP contribution in [0, 0.1) is 0 Å². The van der Waals surface area contributed by atoms with Gasteiger partial charge in [0.05, 0.1) is 6.61 Å². The molecule has 3 heteroatoms. The van der Waals surface area contributed by atoms with Gasteiger partial charge in [0.25, 0.3) is 0 Å². The van der Waals surface area contributed by atoms with Crippen molar-refractivity contribution in [1.29, 1.82) is 0 Å². The van der Waals surface area contributed by atoms with E-state index in [0.717, 1.165) is 19.8 Å². The Morgan fingerprint density at radius 2 is 2.05 bits per heavy atom. The Labute approximate surface area is 119 Å². The van der Waals surface area contributed by atoms with Crippen LogP contribution in [0.4, 0.5) is 0 Å². The van der Waals surface area contributed by atoms with E-state index in [4.69, 9.17) is 4.74 Å². The zero-order valence-corrected chi connectivity index (χ0v) is 12.9. The lowest BCUT2D eigenvalue weighted by Crippen LogP contribution is -2.50. The van der Waals surface area contributed by atoms with Gasteiger partial charge in [0.15, 0.2) is 0 Å². The van der Waals surface area contributed by atoms with Crippen molar-refractivity contribution in [3.05, 3.63) is 0 Å². The number of ether oxygens (including phenoxy) is 1. The van der Waals surface area contributed by atoms with Crippen molar-refractivity contribution in [2.75, 3.05) is 32.8 Å². The summed E-state index contributed by atoms with van der Waals surface area (Å²) >= 11 is 0. The van der Waals surface area contributed by atoms with Crippen LogP contribution in [0.3, 0.4) is 0 Å². The van der Waals surface area contributed by atoms with Gasteiger partial charge in [0.1, 0.15) is 0 Å². The highest BCUT2D eigenvalue weighted by molar-refractivity contribution is 4.98. The second-order valence-electron chi connectivity index (χ2n) is 6.49. The molecule has 1 saturated heterocycles. The fraction of sp³-hybridized carbons (Fsp3) is 1.00. The number of hydrogen-bond acceptors (Lipinski definition) is 3. The molecule has 112 valence electrons. The van der Waals surface area contributed by atoms with Crippen LogP contribution >= 0.6 is 0 Å². The molecule has 0 aromatic rings. The summed E-state index contributed by atoms with van der Waals surface area (Å²) < 4.78 is 5.75. The van der Waals surface area contributed by atoms with Crippen molar-refractivity contribution in [3.63, 3.8) is 0 Å². The Morgan fingerprint density at radius 3 is 2.79 bits per heavy atom. The first-order chi connectivity index (χ1) is 9.26. The van der Waals surface area contributed by atoms with E-state index in [-0.39, 0.29) is 0 Å². The first-order valence-corrected chi connectivity index (χ1v) is 8.32. The summed E-state index contributed by atoms with van der Waals surface area (Å²) in [4.78, 5) is 2.66. The lowest BCUT2D eigenvalue weighted by molar-refractivity contribution is 0.0791. The molecule has 1 atom stereocenters. The van der Waals surface area contributed by atoms with Gasteiger partial charge in [-0.3, -0.25) is 4.90 Å². The second kappa shape index (κ2) is 7.61. The molecule has 1 aliphatic carbocycles. The molecule has 3 nitrogen and oxygen atoms in total. The van der Waals surface area contributed by atoms with Gasteiger partial charge in [-0.2, -0.15) is 0 Å². The Kier molecular flexibility index (Phi) is 6.11. The number of rotatable bonds is 6. The van der Waals surface area contributed by atoms with E-state index >= 15 is 0 Å². The molecule has 0 aromatic carbocycles. The minimum Gasteiger partial charge on any atom is -0.380 e.